The van der Waals surface area contributed by atoms with Gasteiger partial charge in [0.1, 0.15) is 0 Å². The number of benzene rings is 1. The summed E-state index contributed by atoms with van der Waals surface area (Å²) in [6, 6.07) is 5.00. The van der Waals surface area contributed by atoms with Crippen molar-refractivity contribution in [2.75, 3.05) is 6.61 Å². The van der Waals surface area contributed by atoms with Crippen molar-refractivity contribution in [2.45, 2.75) is 6.54 Å². The third-order valence-electron chi connectivity index (χ3n) is 2.20. The van der Waals surface area contributed by atoms with E-state index in [-0.39, 0.29) is 6.61 Å². The Balaban J connectivity index is 2.43. The van der Waals surface area contributed by atoms with Crippen LogP contribution in [-0.4, -0.2) is 38.7 Å². The molecular formula is C9H11BN2O3. The van der Waals surface area contributed by atoms with Crippen LogP contribution in [-0.2, 0) is 6.54 Å². The second-order valence-electron chi connectivity index (χ2n) is 3.31. The highest BCUT2D eigenvalue weighted by Crippen LogP contribution is 2.09. The van der Waals surface area contributed by atoms with Gasteiger partial charge in [-0.3, -0.25) is 4.68 Å². The van der Waals surface area contributed by atoms with Crippen LogP contribution >= 0.6 is 0 Å². The Morgan fingerprint density at radius 3 is 2.80 bits per heavy atom. The maximum absolute atomic E-state index is 8.98. The Morgan fingerprint density at radius 1 is 1.33 bits per heavy atom. The summed E-state index contributed by atoms with van der Waals surface area (Å²) in [6.45, 7) is 0.467. The first-order chi connectivity index (χ1) is 7.20. The maximum Gasteiger partial charge on any atom is 0.488 e. The first kappa shape index (κ1) is 10.2. The van der Waals surface area contributed by atoms with Gasteiger partial charge in [0.05, 0.1) is 18.7 Å². The lowest BCUT2D eigenvalue weighted by atomic mass is 9.80. The number of aliphatic hydroxyl groups is 1. The van der Waals surface area contributed by atoms with Crippen molar-refractivity contribution in [3.05, 3.63) is 24.4 Å². The van der Waals surface area contributed by atoms with Crippen LogP contribution in [0, 0.1) is 0 Å². The molecular weight excluding hydrogens is 195 g/mol. The van der Waals surface area contributed by atoms with E-state index in [0.717, 1.165) is 10.9 Å². The predicted molar refractivity (Wildman–Crippen MR) is 56.6 cm³/mol. The lowest BCUT2D eigenvalue weighted by molar-refractivity contribution is 0.270. The van der Waals surface area contributed by atoms with Crippen molar-refractivity contribution in [3.63, 3.8) is 0 Å². The Bertz CT molecular complexity index is 469. The zero-order valence-corrected chi connectivity index (χ0v) is 8.04. The Hall–Kier alpha value is -1.37. The van der Waals surface area contributed by atoms with Crippen LogP contribution in [0.1, 0.15) is 0 Å². The maximum atomic E-state index is 8.98. The van der Waals surface area contributed by atoms with Gasteiger partial charge in [0, 0.05) is 11.6 Å². The molecule has 3 N–H and O–H groups in total. The molecule has 6 heteroatoms. The monoisotopic (exact) mass is 206 g/mol. The van der Waals surface area contributed by atoms with E-state index < -0.39 is 7.12 Å². The molecule has 0 aliphatic rings. The highest BCUT2D eigenvalue weighted by Gasteiger charge is 2.11. The fourth-order valence-corrected chi connectivity index (χ4v) is 1.47. The Kier molecular flexibility index (Phi) is 2.72. The third kappa shape index (κ3) is 2.01. The number of rotatable bonds is 3. The summed E-state index contributed by atoms with van der Waals surface area (Å²) in [5, 5.41) is 31.7. The zero-order valence-electron chi connectivity index (χ0n) is 8.04. The van der Waals surface area contributed by atoms with Gasteiger partial charge >= 0.3 is 7.12 Å². The summed E-state index contributed by atoms with van der Waals surface area (Å²) < 4.78 is 1.62. The predicted octanol–water partition coefficient (Wildman–Crippen LogP) is -1.29. The standard InChI is InChI=1S/C9H11BN2O3/c13-4-3-12-6-7-5-8(10(14)15)1-2-9(7)11-12/h1-2,5-6,13-15H,3-4H2. The smallest absolute Gasteiger partial charge is 0.423 e. The van der Waals surface area contributed by atoms with Gasteiger partial charge < -0.3 is 15.2 Å². The molecule has 1 aromatic heterocycles. The highest BCUT2D eigenvalue weighted by molar-refractivity contribution is 6.58. The lowest BCUT2D eigenvalue weighted by Gasteiger charge is -1.96. The fraction of sp³-hybridized carbons (Fsp3) is 0.222. The van der Waals surface area contributed by atoms with Crippen molar-refractivity contribution in [3.8, 4) is 0 Å². The van der Waals surface area contributed by atoms with E-state index in [4.69, 9.17) is 15.2 Å². The van der Waals surface area contributed by atoms with E-state index in [0.29, 0.717) is 12.0 Å². The minimum absolute atomic E-state index is 0.0312. The molecule has 0 amide bonds. The topological polar surface area (TPSA) is 78.5 Å². The minimum Gasteiger partial charge on any atom is -0.423 e. The van der Waals surface area contributed by atoms with E-state index in [1.54, 1.807) is 29.1 Å². The summed E-state index contributed by atoms with van der Waals surface area (Å²) in [7, 11) is -1.46. The van der Waals surface area contributed by atoms with Crippen molar-refractivity contribution < 1.29 is 15.2 Å². The van der Waals surface area contributed by atoms with Crippen LogP contribution in [0.15, 0.2) is 24.4 Å². The second kappa shape index (κ2) is 4.02. The average Bonchev–Trinajstić information content (AvgIpc) is 2.59. The molecule has 0 bridgehead atoms. The first-order valence-corrected chi connectivity index (χ1v) is 4.65. The molecule has 0 atom stereocenters. The van der Waals surface area contributed by atoms with Crippen LogP contribution in [0.5, 0.6) is 0 Å². The number of aromatic nitrogens is 2. The highest BCUT2D eigenvalue weighted by atomic mass is 16.4. The van der Waals surface area contributed by atoms with E-state index in [9.17, 15) is 0 Å². The number of hydrogen-bond donors (Lipinski definition) is 3. The molecule has 1 heterocycles. The molecule has 0 aliphatic heterocycles. The molecule has 0 spiro atoms. The van der Waals surface area contributed by atoms with Crippen LogP contribution in [0.4, 0.5) is 0 Å². The van der Waals surface area contributed by atoms with Gasteiger partial charge in [-0.25, -0.2) is 0 Å². The lowest BCUT2D eigenvalue weighted by Crippen LogP contribution is -2.29. The van der Waals surface area contributed by atoms with Crippen molar-refractivity contribution in [1.29, 1.82) is 0 Å². The summed E-state index contributed by atoms with van der Waals surface area (Å²) >= 11 is 0. The van der Waals surface area contributed by atoms with E-state index in [1.165, 1.54) is 0 Å². The summed E-state index contributed by atoms with van der Waals surface area (Å²) in [6.07, 6.45) is 1.76. The van der Waals surface area contributed by atoms with Crippen LogP contribution in [0.25, 0.3) is 10.9 Å². The average molecular weight is 206 g/mol. The molecule has 0 saturated heterocycles. The summed E-state index contributed by atoms with van der Waals surface area (Å²) in [5.74, 6) is 0. The SMILES string of the molecule is OCCn1cc2cc(B(O)O)ccc2n1. The molecule has 2 rings (SSSR count). The Labute approximate surface area is 86.7 Å². The number of hydrogen-bond acceptors (Lipinski definition) is 4. The number of nitrogens with zero attached hydrogens (tertiary/aromatic N) is 2. The van der Waals surface area contributed by atoms with E-state index in [2.05, 4.69) is 5.10 Å². The summed E-state index contributed by atoms with van der Waals surface area (Å²) in [4.78, 5) is 0. The van der Waals surface area contributed by atoms with Gasteiger partial charge in [0.2, 0.25) is 0 Å². The van der Waals surface area contributed by atoms with Crippen molar-refractivity contribution >= 4 is 23.5 Å². The van der Waals surface area contributed by atoms with Crippen LogP contribution in [0.3, 0.4) is 0 Å². The molecule has 1 aromatic carbocycles. The van der Waals surface area contributed by atoms with Gasteiger partial charge in [-0.05, 0) is 11.5 Å². The largest absolute Gasteiger partial charge is 0.488 e. The molecule has 0 fully saturated rings. The Morgan fingerprint density at radius 2 is 2.13 bits per heavy atom. The third-order valence-corrected chi connectivity index (χ3v) is 2.20. The molecule has 0 unspecified atom stereocenters. The number of aliphatic hydroxyl groups excluding tert-OH is 1. The molecule has 2 aromatic rings. The van der Waals surface area contributed by atoms with Crippen LogP contribution < -0.4 is 5.46 Å². The quantitative estimate of drug-likeness (QED) is 0.546. The van der Waals surface area contributed by atoms with Gasteiger partial charge in [-0.2, -0.15) is 5.10 Å². The molecule has 5 nitrogen and oxygen atoms in total. The van der Waals surface area contributed by atoms with Gasteiger partial charge in [0.15, 0.2) is 0 Å². The molecule has 78 valence electrons. The molecule has 0 saturated carbocycles. The van der Waals surface area contributed by atoms with Gasteiger partial charge in [-0.1, -0.05) is 12.1 Å². The van der Waals surface area contributed by atoms with Gasteiger partial charge in [-0.15, -0.1) is 0 Å². The molecule has 0 radical (unpaired) electrons. The molecule has 0 aliphatic carbocycles. The van der Waals surface area contributed by atoms with Crippen LogP contribution in [0.2, 0.25) is 0 Å². The fourth-order valence-electron chi connectivity index (χ4n) is 1.47. The van der Waals surface area contributed by atoms with Crippen molar-refractivity contribution in [1.82, 2.24) is 9.78 Å². The van der Waals surface area contributed by atoms with Gasteiger partial charge in [0.25, 0.3) is 0 Å². The second-order valence-corrected chi connectivity index (χ2v) is 3.31. The zero-order chi connectivity index (χ0) is 10.8. The number of fused-ring (bicyclic) bond motifs is 1. The van der Waals surface area contributed by atoms with E-state index >= 15 is 0 Å². The molecule has 15 heavy (non-hydrogen) atoms. The van der Waals surface area contributed by atoms with Crippen molar-refractivity contribution in [2.24, 2.45) is 0 Å². The summed E-state index contributed by atoms with van der Waals surface area (Å²) in [5.41, 5.74) is 1.21. The normalized spacial score (nSPS) is 10.9. The first-order valence-electron chi connectivity index (χ1n) is 4.65. The van der Waals surface area contributed by atoms with E-state index in [1.807, 2.05) is 0 Å². The minimum atomic E-state index is -1.46.